The van der Waals surface area contributed by atoms with Crippen molar-refractivity contribution in [1.29, 1.82) is 0 Å². The number of ether oxygens (including phenoxy) is 1. The number of carboxylic acid groups (broad SMARTS) is 1. The second-order valence-corrected chi connectivity index (χ2v) is 6.15. The van der Waals surface area contributed by atoms with Crippen molar-refractivity contribution in [2.24, 2.45) is 5.92 Å². The highest BCUT2D eigenvalue weighted by Crippen LogP contribution is 2.27. The lowest BCUT2D eigenvalue weighted by Crippen LogP contribution is -2.41. The van der Waals surface area contributed by atoms with Gasteiger partial charge < -0.3 is 15.2 Å². The second-order valence-electron chi connectivity index (χ2n) is 5.75. The number of nitrogens with one attached hydrogen (secondary N) is 1. The number of amides is 1. The molecule has 0 bridgehead atoms. The molecule has 1 amide bonds. The van der Waals surface area contributed by atoms with E-state index >= 15 is 0 Å². The summed E-state index contributed by atoms with van der Waals surface area (Å²) in [5, 5.41) is 12.3. The number of aliphatic carboxylic acids is 1. The van der Waals surface area contributed by atoms with Gasteiger partial charge in [-0.3, -0.25) is 9.59 Å². The summed E-state index contributed by atoms with van der Waals surface area (Å²) in [7, 11) is 0. The molecule has 0 radical (unpaired) electrons. The summed E-state index contributed by atoms with van der Waals surface area (Å²) < 4.78 is 5.61. The van der Waals surface area contributed by atoms with Gasteiger partial charge in [-0.15, -0.1) is 0 Å². The van der Waals surface area contributed by atoms with Gasteiger partial charge in [-0.2, -0.15) is 0 Å². The molecule has 1 fully saturated rings. The standard InChI is InChI=1S/C16H20ClNO4/c1-9-3-6-13(17)14(7-9)22-10(2)15(19)18-12-5-4-11(8-12)16(20)21/h3,6-7,10-12H,4-5,8H2,1-2H3,(H,18,19)(H,20,21)/t10?,11-,12+/m1/s1. The third-order valence-electron chi connectivity index (χ3n) is 3.89. The Balaban J connectivity index is 1.90. The first-order valence-corrected chi connectivity index (χ1v) is 7.70. The minimum Gasteiger partial charge on any atom is -0.481 e. The topological polar surface area (TPSA) is 75.6 Å². The molecule has 1 aliphatic rings. The molecule has 0 aliphatic heterocycles. The first-order valence-electron chi connectivity index (χ1n) is 7.33. The van der Waals surface area contributed by atoms with Crippen molar-refractivity contribution in [3.8, 4) is 5.75 Å². The van der Waals surface area contributed by atoms with Crippen LogP contribution >= 0.6 is 11.6 Å². The van der Waals surface area contributed by atoms with Crippen molar-refractivity contribution in [2.45, 2.75) is 45.3 Å². The number of rotatable bonds is 5. The fourth-order valence-corrected chi connectivity index (χ4v) is 2.76. The van der Waals surface area contributed by atoms with E-state index in [0.717, 1.165) is 5.56 Å². The van der Waals surface area contributed by atoms with Gasteiger partial charge in [0.15, 0.2) is 6.10 Å². The van der Waals surface area contributed by atoms with E-state index in [4.69, 9.17) is 21.4 Å². The van der Waals surface area contributed by atoms with Crippen LogP contribution < -0.4 is 10.1 Å². The van der Waals surface area contributed by atoms with Crippen LogP contribution in [0.25, 0.3) is 0 Å². The fourth-order valence-electron chi connectivity index (χ4n) is 2.60. The van der Waals surface area contributed by atoms with Crippen LogP contribution in [0, 0.1) is 12.8 Å². The van der Waals surface area contributed by atoms with Crippen molar-refractivity contribution in [1.82, 2.24) is 5.32 Å². The van der Waals surface area contributed by atoms with Crippen LogP contribution in [0.1, 0.15) is 31.7 Å². The van der Waals surface area contributed by atoms with Gasteiger partial charge in [0.05, 0.1) is 10.9 Å². The Kier molecular flexibility index (Phi) is 5.29. The first-order chi connectivity index (χ1) is 10.4. The Morgan fingerprint density at radius 3 is 2.77 bits per heavy atom. The molecule has 5 nitrogen and oxygen atoms in total. The summed E-state index contributed by atoms with van der Waals surface area (Å²) in [6, 6.07) is 5.27. The zero-order chi connectivity index (χ0) is 16.3. The summed E-state index contributed by atoms with van der Waals surface area (Å²) >= 11 is 6.05. The summed E-state index contributed by atoms with van der Waals surface area (Å²) in [4.78, 5) is 23.1. The second kappa shape index (κ2) is 7.01. The summed E-state index contributed by atoms with van der Waals surface area (Å²) in [5.74, 6) is -0.951. The van der Waals surface area contributed by atoms with Crippen LogP contribution in [-0.4, -0.2) is 29.1 Å². The van der Waals surface area contributed by atoms with E-state index < -0.39 is 12.1 Å². The number of hydrogen-bond donors (Lipinski definition) is 2. The molecule has 0 saturated heterocycles. The highest BCUT2D eigenvalue weighted by molar-refractivity contribution is 6.32. The Hall–Kier alpha value is -1.75. The molecule has 3 atom stereocenters. The average Bonchev–Trinajstić information content (AvgIpc) is 2.91. The van der Waals surface area contributed by atoms with Gasteiger partial charge in [0.1, 0.15) is 5.75 Å². The Bertz CT molecular complexity index is 575. The first kappa shape index (κ1) is 16.6. The van der Waals surface area contributed by atoms with Crippen molar-refractivity contribution < 1.29 is 19.4 Å². The van der Waals surface area contributed by atoms with E-state index in [1.54, 1.807) is 19.1 Å². The maximum absolute atomic E-state index is 12.1. The van der Waals surface area contributed by atoms with Crippen LogP contribution in [0.2, 0.25) is 5.02 Å². The van der Waals surface area contributed by atoms with E-state index in [1.807, 2.05) is 13.0 Å². The van der Waals surface area contributed by atoms with Gasteiger partial charge in [0.25, 0.3) is 5.91 Å². The summed E-state index contributed by atoms with van der Waals surface area (Å²) in [6.45, 7) is 3.57. The Morgan fingerprint density at radius 1 is 1.41 bits per heavy atom. The zero-order valence-corrected chi connectivity index (χ0v) is 13.4. The molecule has 6 heteroatoms. The third-order valence-corrected chi connectivity index (χ3v) is 4.20. The molecule has 120 valence electrons. The number of carboxylic acids is 1. The molecule has 22 heavy (non-hydrogen) atoms. The number of carbonyl (C=O) groups excluding carboxylic acids is 1. The molecule has 0 spiro atoms. The van der Waals surface area contributed by atoms with Gasteiger partial charge in [-0.05, 0) is 50.8 Å². The molecule has 2 N–H and O–H groups in total. The number of aryl methyl sites for hydroxylation is 1. The normalized spacial score (nSPS) is 22.1. The van der Waals surface area contributed by atoms with Crippen LogP contribution in [0.3, 0.4) is 0 Å². The molecule has 0 heterocycles. The fraction of sp³-hybridized carbons (Fsp3) is 0.500. The Labute approximate surface area is 134 Å². The lowest BCUT2D eigenvalue weighted by Gasteiger charge is -2.19. The lowest BCUT2D eigenvalue weighted by molar-refractivity contribution is -0.141. The largest absolute Gasteiger partial charge is 0.481 e. The van der Waals surface area contributed by atoms with E-state index in [2.05, 4.69) is 5.32 Å². The van der Waals surface area contributed by atoms with Gasteiger partial charge >= 0.3 is 5.97 Å². The highest BCUT2D eigenvalue weighted by Gasteiger charge is 2.31. The minimum atomic E-state index is -0.799. The zero-order valence-electron chi connectivity index (χ0n) is 12.6. The maximum Gasteiger partial charge on any atom is 0.306 e. The molecule has 0 aromatic heterocycles. The number of halogens is 1. The average molecular weight is 326 g/mol. The smallest absolute Gasteiger partial charge is 0.306 e. The quantitative estimate of drug-likeness (QED) is 0.873. The van der Waals surface area contributed by atoms with Crippen LogP contribution in [0.4, 0.5) is 0 Å². The molecule has 1 aromatic rings. The van der Waals surface area contributed by atoms with E-state index in [-0.39, 0.29) is 17.9 Å². The van der Waals surface area contributed by atoms with Gasteiger partial charge in [0.2, 0.25) is 0 Å². The van der Waals surface area contributed by atoms with Gasteiger partial charge in [-0.25, -0.2) is 0 Å². The lowest BCUT2D eigenvalue weighted by atomic mass is 10.1. The molecule has 1 unspecified atom stereocenters. The summed E-state index contributed by atoms with van der Waals surface area (Å²) in [6.07, 6.45) is 1.06. The Morgan fingerprint density at radius 2 is 2.14 bits per heavy atom. The van der Waals surface area contributed by atoms with Crippen LogP contribution in [0.15, 0.2) is 18.2 Å². The third kappa shape index (κ3) is 4.13. The van der Waals surface area contributed by atoms with Gasteiger partial charge in [-0.1, -0.05) is 17.7 Å². The molecule has 1 aliphatic carbocycles. The van der Waals surface area contributed by atoms with Crippen molar-refractivity contribution in [3.05, 3.63) is 28.8 Å². The molecular formula is C16H20ClNO4. The predicted molar refractivity (Wildman–Crippen MR) is 83.2 cm³/mol. The van der Waals surface area contributed by atoms with E-state index in [1.165, 1.54) is 0 Å². The predicted octanol–water partition coefficient (Wildman–Crippen LogP) is 2.79. The molecule has 1 saturated carbocycles. The monoisotopic (exact) mass is 325 g/mol. The molecular weight excluding hydrogens is 306 g/mol. The van der Waals surface area contributed by atoms with Crippen molar-refractivity contribution in [3.63, 3.8) is 0 Å². The van der Waals surface area contributed by atoms with Gasteiger partial charge in [0, 0.05) is 6.04 Å². The highest BCUT2D eigenvalue weighted by atomic mass is 35.5. The maximum atomic E-state index is 12.1. The molecule has 1 aromatic carbocycles. The summed E-state index contributed by atoms with van der Waals surface area (Å²) in [5.41, 5.74) is 0.993. The van der Waals surface area contributed by atoms with Crippen LogP contribution in [0.5, 0.6) is 5.75 Å². The number of hydrogen-bond acceptors (Lipinski definition) is 3. The number of carbonyl (C=O) groups is 2. The minimum absolute atomic E-state index is 0.104. The van der Waals surface area contributed by atoms with E-state index in [9.17, 15) is 9.59 Å². The molecule has 2 rings (SSSR count). The van der Waals surface area contributed by atoms with Crippen LogP contribution in [-0.2, 0) is 9.59 Å². The SMILES string of the molecule is Cc1ccc(Cl)c(OC(C)C(=O)N[C@H]2CC[C@@H](C(=O)O)C2)c1. The van der Waals surface area contributed by atoms with E-state index in [0.29, 0.717) is 30.0 Å². The number of benzene rings is 1. The van der Waals surface area contributed by atoms with Crippen molar-refractivity contribution >= 4 is 23.5 Å². The van der Waals surface area contributed by atoms with Crippen molar-refractivity contribution in [2.75, 3.05) is 0 Å².